The molecule has 0 radical (unpaired) electrons. The Labute approximate surface area is 168 Å². The summed E-state index contributed by atoms with van der Waals surface area (Å²) in [6.07, 6.45) is 5.66. The number of carbonyl (C=O) groups excluding carboxylic acids is 1. The van der Waals surface area contributed by atoms with Crippen molar-refractivity contribution in [2.75, 3.05) is 51.6 Å². The van der Waals surface area contributed by atoms with E-state index in [4.69, 9.17) is 0 Å². The lowest BCUT2D eigenvalue weighted by Gasteiger charge is -2.36. The topological polar surface area (TPSA) is 62.1 Å². The number of sulfonamides is 1. The van der Waals surface area contributed by atoms with Crippen LogP contribution in [-0.2, 0) is 14.8 Å². The number of amides is 1. The van der Waals surface area contributed by atoms with Gasteiger partial charge in [-0.15, -0.1) is 0 Å². The summed E-state index contributed by atoms with van der Waals surface area (Å²) in [5, 5.41) is 0. The van der Waals surface area contributed by atoms with Crippen molar-refractivity contribution >= 4 is 22.0 Å². The Morgan fingerprint density at radius 2 is 1.75 bits per heavy atom. The fourth-order valence-corrected chi connectivity index (χ4v) is 5.13. The highest BCUT2D eigenvalue weighted by molar-refractivity contribution is 7.89. The quantitative estimate of drug-likeness (QED) is 0.748. The van der Waals surface area contributed by atoms with Crippen LogP contribution in [0.5, 0.6) is 0 Å². The second-order valence-corrected chi connectivity index (χ2v) is 9.92. The third-order valence-corrected chi connectivity index (χ3v) is 7.74. The summed E-state index contributed by atoms with van der Waals surface area (Å²) >= 11 is 0. The molecule has 2 aliphatic rings. The first kappa shape index (κ1) is 21.0. The van der Waals surface area contributed by atoms with Crippen LogP contribution in [0.25, 0.3) is 6.08 Å². The highest BCUT2D eigenvalue weighted by Crippen LogP contribution is 2.22. The molecule has 6 nitrogen and oxygen atoms in total. The normalized spacial score (nSPS) is 20.7. The van der Waals surface area contributed by atoms with Gasteiger partial charge in [0, 0.05) is 19.0 Å². The molecule has 0 bridgehead atoms. The molecule has 2 fully saturated rings. The predicted octanol–water partition coefficient (Wildman–Crippen LogP) is 0.489. The van der Waals surface area contributed by atoms with E-state index in [1.165, 1.54) is 14.8 Å². The van der Waals surface area contributed by atoms with Gasteiger partial charge in [0.25, 0.3) is 0 Å². The molecule has 0 saturated carbocycles. The van der Waals surface area contributed by atoms with Gasteiger partial charge in [-0.2, -0.15) is 0 Å². The number of piperidine rings is 1. The zero-order valence-corrected chi connectivity index (χ0v) is 17.5. The monoisotopic (exact) mass is 406 g/mol. The van der Waals surface area contributed by atoms with Crippen LogP contribution in [-0.4, -0.2) is 75.1 Å². The first-order valence-corrected chi connectivity index (χ1v) is 11.9. The van der Waals surface area contributed by atoms with Crippen LogP contribution in [0.1, 0.15) is 25.3 Å². The molecule has 2 aliphatic heterocycles. The largest absolute Gasteiger partial charge is 0.331 e. The van der Waals surface area contributed by atoms with Gasteiger partial charge in [-0.05, 0) is 31.4 Å². The second-order valence-electron chi connectivity index (χ2n) is 7.67. The standard InChI is InChI=1S/C21H31N3O3S/c1-2-28(26,27)24-13-10-20(11-14-24)21(25)23-17-15-22(16-18-23)12-6-9-19-7-4-3-5-8-19/h3-9,20H,2,10-18H2,1H3/p+1/b9-6+. The molecule has 2 heterocycles. The molecule has 2 saturated heterocycles. The first-order chi connectivity index (χ1) is 13.5. The van der Waals surface area contributed by atoms with Gasteiger partial charge < -0.3 is 9.80 Å². The lowest BCUT2D eigenvalue weighted by molar-refractivity contribution is -0.898. The van der Waals surface area contributed by atoms with Crippen LogP contribution < -0.4 is 4.90 Å². The van der Waals surface area contributed by atoms with Crippen molar-refractivity contribution in [2.45, 2.75) is 19.8 Å². The Morgan fingerprint density at radius 1 is 1.11 bits per heavy atom. The van der Waals surface area contributed by atoms with Gasteiger partial charge in [0.1, 0.15) is 0 Å². The molecule has 0 spiro atoms. The number of rotatable bonds is 6. The molecule has 0 aliphatic carbocycles. The van der Waals surface area contributed by atoms with E-state index in [1.54, 1.807) is 6.92 Å². The summed E-state index contributed by atoms with van der Waals surface area (Å²) in [5.74, 6) is 0.324. The Kier molecular flexibility index (Phi) is 7.26. The summed E-state index contributed by atoms with van der Waals surface area (Å²) in [4.78, 5) is 16.3. The smallest absolute Gasteiger partial charge is 0.226 e. The first-order valence-electron chi connectivity index (χ1n) is 10.3. The second kappa shape index (κ2) is 9.67. The average molecular weight is 407 g/mol. The molecule has 0 aromatic heterocycles. The predicted molar refractivity (Wildman–Crippen MR) is 111 cm³/mol. The summed E-state index contributed by atoms with van der Waals surface area (Å²) < 4.78 is 25.5. The highest BCUT2D eigenvalue weighted by Gasteiger charge is 2.33. The van der Waals surface area contributed by atoms with Crippen LogP contribution >= 0.6 is 0 Å². The van der Waals surface area contributed by atoms with Gasteiger partial charge in [0.05, 0.1) is 38.5 Å². The maximum absolute atomic E-state index is 12.8. The minimum Gasteiger partial charge on any atom is -0.331 e. The van der Waals surface area contributed by atoms with E-state index in [0.29, 0.717) is 25.9 Å². The van der Waals surface area contributed by atoms with Crippen LogP contribution in [0.3, 0.4) is 0 Å². The maximum Gasteiger partial charge on any atom is 0.226 e. The SMILES string of the molecule is CCS(=O)(=O)N1CCC(C(=O)N2CC[NH+](C/C=C/c3ccccc3)CC2)CC1. The number of piperazine rings is 1. The summed E-state index contributed by atoms with van der Waals surface area (Å²) in [7, 11) is -3.13. The molecular weight excluding hydrogens is 374 g/mol. The molecule has 0 atom stereocenters. The van der Waals surface area contributed by atoms with Gasteiger partial charge in [-0.1, -0.05) is 36.4 Å². The van der Waals surface area contributed by atoms with Crippen molar-refractivity contribution < 1.29 is 18.1 Å². The van der Waals surface area contributed by atoms with E-state index < -0.39 is 10.0 Å². The maximum atomic E-state index is 12.8. The van der Waals surface area contributed by atoms with E-state index in [9.17, 15) is 13.2 Å². The molecule has 1 N–H and O–H groups in total. The molecule has 7 heteroatoms. The van der Waals surface area contributed by atoms with E-state index in [2.05, 4.69) is 24.3 Å². The fraction of sp³-hybridized carbons (Fsp3) is 0.571. The Hall–Kier alpha value is -1.70. The zero-order valence-electron chi connectivity index (χ0n) is 16.7. The molecule has 0 unspecified atom stereocenters. The molecule has 3 rings (SSSR count). The van der Waals surface area contributed by atoms with Gasteiger partial charge in [0.15, 0.2) is 0 Å². The zero-order chi connectivity index (χ0) is 20.0. The summed E-state index contributed by atoms with van der Waals surface area (Å²) in [5.41, 5.74) is 1.21. The van der Waals surface area contributed by atoms with Gasteiger partial charge >= 0.3 is 0 Å². The van der Waals surface area contributed by atoms with Crippen LogP contribution in [0.15, 0.2) is 36.4 Å². The van der Waals surface area contributed by atoms with Crippen molar-refractivity contribution in [3.05, 3.63) is 42.0 Å². The minimum atomic E-state index is -3.13. The Bertz CT molecular complexity index is 763. The Balaban J connectivity index is 1.41. The summed E-state index contributed by atoms with van der Waals surface area (Å²) in [6, 6.07) is 10.3. The van der Waals surface area contributed by atoms with Crippen LogP contribution in [0.2, 0.25) is 0 Å². The van der Waals surface area contributed by atoms with Crippen LogP contribution in [0, 0.1) is 5.92 Å². The minimum absolute atomic E-state index is 0.0252. The van der Waals surface area contributed by atoms with Gasteiger partial charge in [0.2, 0.25) is 15.9 Å². The van der Waals surface area contributed by atoms with Crippen molar-refractivity contribution in [3.8, 4) is 0 Å². The summed E-state index contributed by atoms with van der Waals surface area (Å²) in [6.45, 7) is 7.11. The Morgan fingerprint density at radius 3 is 2.36 bits per heavy atom. The number of benzene rings is 1. The van der Waals surface area contributed by atoms with Crippen molar-refractivity contribution in [1.82, 2.24) is 9.21 Å². The van der Waals surface area contributed by atoms with E-state index >= 15 is 0 Å². The van der Waals surface area contributed by atoms with E-state index in [0.717, 1.165) is 32.7 Å². The molecule has 28 heavy (non-hydrogen) atoms. The highest BCUT2D eigenvalue weighted by atomic mass is 32.2. The molecule has 1 aromatic carbocycles. The van der Waals surface area contributed by atoms with Crippen molar-refractivity contribution in [3.63, 3.8) is 0 Å². The molecule has 1 aromatic rings. The van der Waals surface area contributed by atoms with E-state index in [-0.39, 0.29) is 17.6 Å². The fourth-order valence-electron chi connectivity index (χ4n) is 3.99. The average Bonchev–Trinajstić information content (AvgIpc) is 2.74. The number of hydrogen-bond donors (Lipinski definition) is 1. The van der Waals surface area contributed by atoms with Crippen molar-refractivity contribution in [2.24, 2.45) is 5.92 Å². The molecular formula is C21H32N3O3S+. The number of hydrogen-bond acceptors (Lipinski definition) is 3. The number of nitrogens with one attached hydrogen (secondary N) is 1. The van der Waals surface area contributed by atoms with Crippen molar-refractivity contribution in [1.29, 1.82) is 0 Å². The van der Waals surface area contributed by atoms with Crippen LogP contribution in [0.4, 0.5) is 0 Å². The van der Waals surface area contributed by atoms with E-state index in [1.807, 2.05) is 23.1 Å². The molecule has 154 valence electrons. The third kappa shape index (κ3) is 5.43. The third-order valence-electron chi connectivity index (χ3n) is 5.86. The number of quaternary nitrogens is 1. The lowest BCUT2D eigenvalue weighted by Crippen LogP contribution is -3.14. The van der Waals surface area contributed by atoms with Gasteiger partial charge in [-0.3, -0.25) is 4.79 Å². The number of carbonyl (C=O) groups is 1. The molecule has 1 amide bonds. The van der Waals surface area contributed by atoms with Gasteiger partial charge in [-0.25, -0.2) is 12.7 Å². The number of nitrogens with zero attached hydrogens (tertiary/aromatic N) is 2. The lowest BCUT2D eigenvalue weighted by atomic mass is 9.96.